The van der Waals surface area contributed by atoms with Gasteiger partial charge in [0.1, 0.15) is 5.82 Å². The van der Waals surface area contributed by atoms with Gasteiger partial charge in [-0.25, -0.2) is 4.39 Å². The Balaban J connectivity index is 2.17. The molecule has 1 aliphatic rings. The van der Waals surface area contributed by atoms with Crippen LogP contribution in [0.2, 0.25) is 0 Å². The van der Waals surface area contributed by atoms with E-state index in [2.05, 4.69) is 4.90 Å². The summed E-state index contributed by atoms with van der Waals surface area (Å²) in [5.41, 5.74) is 1.20. The fraction of sp³-hybridized carbons (Fsp3) is 0.500. The SMILES string of the molecule is O=Cc1cc(F)ccc1N1CCCC(CCO)C1. The zero-order valence-electron chi connectivity index (χ0n) is 10.3. The number of aldehydes is 1. The number of aliphatic hydroxyl groups excluding tert-OH is 1. The van der Waals surface area contributed by atoms with Crippen molar-refractivity contribution in [2.24, 2.45) is 5.92 Å². The van der Waals surface area contributed by atoms with Gasteiger partial charge in [-0.05, 0) is 43.4 Å². The molecule has 1 fully saturated rings. The number of hydrogen-bond acceptors (Lipinski definition) is 3. The van der Waals surface area contributed by atoms with Crippen molar-refractivity contribution in [3.63, 3.8) is 0 Å². The van der Waals surface area contributed by atoms with Crippen LogP contribution in [-0.4, -0.2) is 31.1 Å². The third-order valence-corrected chi connectivity index (χ3v) is 3.51. The average Bonchev–Trinajstić information content (AvgIpc) is 2.39. The van der Waals surface area contributed by atoms with Gasteiger partial charge in [0, 0.05) is 30.9 Å². The molecule has 4 heteroatoms. The highest BCUT2D eigenvalue weighted by atomic mass is 19.1. The van der Waals surface area contributed by atoms with Crippen LogP contribution < -0.4 is 4.90 Å². The first-order valence-electron chi connectivity index (χ1n) is 6.35. The van der Waals surface area contributed by atoms with Crippen molar-refractivity contribution in [3.05, 3.63) is 29.6 Å². The quantitative estimate of drug-likeness (QED) is 0.834. The molecule has 0 saturated carbocycles. The number of piperidine rings is 1. The minimum atomic E-state index is -0.384. The third-order valence-electron chi connectivity index (χ3n) is 3.51. The average molecular weight is 251 g/mol. The van der Waals surface area contributed by atoms with Crippen LogP contribution in [-0.2, 0) is 0 Å². The minimum absolute atomic E-state index is 0.197. The molecule has 0 aromatic heterocycles. The van der Waals surface area contributed by atoms with E-state index in [-0.39, 0.29) is 12.4 Å². The van der Waals surface area contributed by atoms with E-state index in [1.165, 1.54) is 12.1 Å². The number of anilines is 1. The molecule has 1 aromatic rings. The molecular formula is C14H18FNO2. The third kappa shape index (κ3) is 2.88. The second-order valence-corrected chi connectivity index (χ2v) is 4.79. The molecule has 0 aliphatic carbocycles. The first-order chi connectivity index (χ1) is 8.74. The van der Waals surface area contributed by atoms with Gasteiger partial charge in [-0.2, -0.15) is 0 Å². The van der Waals surface area contributed by atoms with Crippen molar-refractivity contribution in [3.8, 4) is 0 Å². The molecule has 0 bridgehead atoms. The van der Waals surface area contributed by atoms with Gasteiger partial charge in [-0.1, -0.05) is 0 Å². The molecule has 1 aliphatic heterocycles. The van der Waals surface area contributed by atoms with E-state index in [0.717, 1.165) is 38.0 Å². The maximum absolute atomic E-state index is 13.1. The summed E-state index contributed by atoms with van der Waals surface area (Å²) in [5, 5.41) is 8.99. The van der Waals surface area contributed by atoms with Gasteiger partial charge in [-0.15, -0.1) is 0 Å². The lowest BCUT2D eigenvalue weighted by Gasteiger charge is -2.35. The summed E-state index contributed by atoms with van der Waals surface area (Å²) in [6.45, 7) is 1.91. The van der Waals surface area contributed by atoms with Crippen LogP contribution in [0, 0.1) is 11.7 Å². The first-order valence-corrected chi connectivity index (χ1v) is 6.35. The van der Waals surface area contributed by atoms with Gasteiger partial charge in [0.05, 0.1) is 0 Å². The number of carbonyl (C=O) groups is 1. The van der Waals surface area contributed by atoms with E-state index >= 15 is 0 Å². The Morgan fingerprint density at radius 3 is 3.06 bits per heavy atom. The lowest BCUT2D eigenvalue weighted by atomic mass is 9.94. The van der Waals surface area contributed by atoms with Gasteiger partial charge in [0.2, 0.25) is 0 Å². The second-order valence-electron chi connectivity index (χ2n) is 4.79. The Hall–Kier alpha value is -1.42. The number of hydrogen-bond donors (Lipinski definition) is 1. The topological polar surface area (TPSA) is 40.5 Å². The van der Waals surface area contributed by atoms with Crippen LogP contribution in [0.3, 0.4) is 0 Å². The number of aliphatic hydroxyl groups is 1. The standard InChI is InChI=1S/C14H18FNO2/c15-13-3-4-14(12(8-13)10-18)16-6-1-2-11(9-16)5-7-17/h3-4,8,10-11,17H,1-2,5-7,9H2. The molecule has 2 rings (SSSR count). The molecule has 18 heavy (non-hydrogen) atoms. The summed E-state index contributed by atoms with van der Waals surface area (Å²) < 4.78 is 13.1. The van der Waals surface area contributed by atoms with Crippen molar-refractivity contribution in [2.45, 2.75) is 19.3 Å². The lowest BCUT2D eigenvalue weighted by molar-refractivity contribution is 0.112. The van der Waals surface area contributed by atoms with Crippen molar-refractivity contribution < 1.29 is 14.3 Å². The number of rotatable bonds is 4. The zero-order chi connectivity index (χ0) is 13.0. The number of nitrogens with zero attached hydrogens (tertiary/aromatic N) is 1. The van der Waals surface area contributed by atoms with Crippen molar-refractivity contribution in [1.29, 1.82) is 0 Å². The Morgan fingerprint density at radius 1 is 1.50 bits per heavy atom. The second kappa shape index (κ2) is 5.96. The molecule has 1 N–H and O–H groups in total. The maximum Gasteiger partial charge on any atom is 0.152 e. The predicted octanol–water partition coefficient (Wildman–Crippen LogP) is 2.24. The summed E-state index contributed by atoms with van der Waals surface area (Å²) in [6.07, 6.45) is 3.64. The molecule has 0 radical (unpaired) electrons. The Bertz CT molecular complexity index is 420. The van der Waals surface area contributed by atoms with Gasteiger partial charge < -0.3 is 10.0 Å². The first kappa shape index (κ1) is 13.0. The van der Waals surface area contributed by atoms with Crippen LogP contribution in [0.1, 0.15) is 29.6 Å². The Kier molecular flexibility index (Phi) is 4.31. The predicted molar refractivity (Wildman–Crippen MR) is 68.4 cm³/mol. The van der Waals surface area contributed by atoms with E-state index in [0.29, 0.717) is 17.8 Å². The molecule has 0 amide bonds. The highest BCUT2D eigenvalue weighted by Gasteiger charge is 2.21. The lowest BCUT2D eigenvalue weighted by Crippen LogP contribution is -2.36. The van der Waals surface area contributed by atoms with Gasteiger partial charge in [0.15, 0.2) is 6.29 Å². The van der Waals surface area contributed by atoms with Crippen LogP contribution in [0.4, 0.5) is 10.1 Å². The molecule has 1 atom stereocenters. The van der Waals surface area contributed by atoms with Gasteiger partial charge >= 0.3 is 0 Å². The summed E-state index contributed by atoms with van der Waals surface area (Å²) in [7, 11) is 0. The van der Waals surface area contributed by atoms with E-state index in [4.69, 9.17) is 5.11 Å². The maximum atomic E-state index is 13.1. The van der Waals surface area contributed by atoms with Crippen molar-refractivity contribution in [2.75, 3.05) is 24.6 Å². The van der Waals surface area contributed by atoms with Crippen LogP contribution >= 0.6 is 0 Å². The fourth-order valence-corrected chi connectivity index (χ4v) is 2.61. The summed E-state index contributed by atoms with van der Waals surface area (Å²) >= 11 is 0. The fourth-order valence-electron chi connectivity index (χ4n) is 2.61. The largest absolute Gasteiger partial charge is 0.396 e. The van der Waals surface area contributed by atoms with Crippen LogP contribution in [0.15, 0.2) is 18.2 Å². The molecule has 1 saturated heterocycles. The normalized spacial score (nSPS) is 19.9. The summed E-state index contributed by atoms with van der Waals surface area (Å²) in [4.78, 5) is 13.1. The number of benzene rings is 1. The van der Waals surface area contributed by atoms with E-state index in [9.17, 15) is 9.18 Å². The molecule has 1 heterocycles. The summed E-state index contributed by atoms with van der Waals surface area (Å²) in [6, 6.07) is 4.33. The summed E-state index contributed by atoms with van der Waals surface area (Å²) in [5.74, 6) is 0.0677. The van der Waals surface area contributed by atoms with Crippen LogP contribution in [0.25, 0.3) is 0 Å². The van der Waals surface area contributed by atoms with E-state index in [1.807, 2.05) is 0 Å². The van der Waals surface area contributed by atoms with E-state index in [1.54, 1.807) is 6.07 Å². The Labute approximate surface area is 106 Å². The monoisotopic (exact) mass is 251 g/mol. The van der Waals surface area contributed by atoms with E-state index < -0.39 is 0 Å². The van der Waals surface area contributed by atoms with Crippen molar-refractivity contribution >= 4 is 12.0 Å². The molecular weight excluding hydrogens is 233 g/mol. The van der Waals surface area contributed by atoms with Gasteiger partial charge in [-0.3, -0.25) is 4.79 Å². The highest BCUT2D eigenvalue weighted by molar-refractivity contribution is 5.84. The minimum Gasteiger partial charge on any atom is -0.396 e. The van der Waals surface area contributed by atoms with Crippen LogP contribution in [0.5, 0.6) is 0 Å². The number of halogens is 1. The number of carbonyl (C=O) groups excluding carboxylic acids is 1. The van der Waals surface area contributed by atoms with Gasteiger partial charge in [0.25, 0.3) is 0 Å². The van der Waals surface area contributed by atoms with Crippen molar-refractivity contribution in [1.82, 2.24) is 0 Å². The zero-order valence-corrected chi connectivity index (χ0v) is 10.3. The Morgan fingerprint density at radius 2 is 2.33 bits per heavy atom. The molecule has 3 nitrogen and oxygen atoms in total. The molecule has 1 aromatic carbocycles. The highest BCUT2D eigenvalue weighted by Crippen LogP contribution is 2.27. The molecule has 1 unspecified atom stereocenters. The molecule has 0 spiro atoms. The smallest absolute Gasteiger partial charge is 0.152 e. The molecule has 98 valence electrons.